The van der Waals surface area contributed by atoms with Crippen molar-refractivity contribution in [2.75, 3.05) is 11.5 Å². The van der Waals surface area contributed by atoms with Crippen LogP contribution in [0, 0.1) is 0 Å². The fourth-order valence-electron chi connectivity index (χ4n) is 1.69. The molecule has 0 spiro atoms. The summed E-state index contributed by atoms with van der Waals surface area (Å²) in [5.74, 6) is 0.0506. The molecule has 1 amide bonds. The molecule has 1 aromatic carbocycles. The van der Waals surface area contributed by atoms with E-state index in [0.717, 1.165) is 0 Å². The van der Waals surface area contributed by atoms with E-state index in [1.807, 2.05) is 13.8 Å². The number of hydrogen-bond donors (Lipinski definition) is 2. The number of rotatable bonds is 5. The van der Waals surface area contributed by atoms with E-state index in [0.29, 0.717) is 16.8 Å². The first-order valence-electron chi connectivity index (χ1n) is 6.29. The van der Waals surface area contributed by atoms with Gasteiger partial charge in [0, 0.05) is 23.9 Å². The molecule has 1 unspecified atom stereocenters. The highest BCUT2D eigenvalue weighted by molar-refractivity contribution is 7.84. The number of aromatic nitrogens is 1. The Morgan fingerprint density at radius 1 is 1.50 bits per heavy atom. The number of anilines is 1. The fraction of sp³-hybridized carbons (Fsp3) is 0.385. The summed E-state index contributed by atoms with van der Waals surface area (Å²) in [4.78, 5) is 15.6. The van der Waals surface area contributed by atoms with Crippen molar-refractivity contribution in [1.29, 1.82) is 0 Å². The minimum absolute atomic E-state index is 0.0724. The Bertz CT molecular complexity index is 651. The molecule has 0 aliphatic heterocycles. The molecule has 0 saturated carbocycles. The molecule has 3 N–H and O–H groups in total. The first kappa shape index (κ1) is 14.5. The standard InChI is InChI=1S/C13H17N3O3S/c1-8(2)15-12(17)5-6-20(18)13-16-10-7-9(14)3-4-11(10)19-13/h3-4,7-8H,5-6,14H2,1-2H3,(H,15,17). The normalized spacial score (nSPS) is 12.8. The number of benzene rings is 1. The molecule has 108 valence electrons. The summed E-state index contributed by atoms with van der Waals surface area (Å²) < 4.78 is 17.4. The van der Waals surface area contributed by atoms with Crippen LogP contribution in [0.4, 0.5) is 5.69 Å². The summed E-state index contributed by atoms with van der Waals surface area (Å²) >= 11 is 0. The first-order chi connectivity index (χ1) is 9.45. The van der Waals surface area contributed by atoms with Crippen molar-refractivity contribution < 1.29 is 13.4 Å². The number of amides is 1. The Morgan fingerprint density at radius 2 is 2.25 bits per heavy atom. The second-order valence-electron chi connectivity index (χ2n) is 4.73. The Morgan fingerprint density at radius 3 is 2.95 bits per heavy atom. The monoisotopic (exact) mass is 295 g/mol. The van der Waals surface area contributed by atoms with Crippen molar-refractivity contribution in [3.8, 4) is 0 Å². The molecule has 0 radical (unpaired) electrons. The molecule has 2 aromatic rings. The number of nitrogens with two attached hydrogens (primary N) is 1. The Hall–Kier alpha value is -1.89. The van der Waals surface area contributed by atoms with E-state index in [-0.39, 0.29) is 29.3 Å². The van der Waals surface area contributed by atoms with Gasteiger partial charge in [0.05, 0.1) is 0 Å². The first-order valence-corrected chi connectivity index (χ1v) is 7.61. The summed E-state index contributed by atoms with van der Waals surface area (Å²) in [5, 5.41) is 2.87. The average Bonchev–Trinajstić information content (AvgIpc) is 2.78. The molecule has 1 atom stereocenters. The molecule has 1 heterocycles. The van der Waals surface area contributed by atoms with Crippen LogP contribution in [-0.4, -0.2) is 26.9 Å². The third-order valence-electron chi connectivity index (χ3n) is 2.55. The predicted molar refractivity (Wildman–Crippen MR) is 77.6 cm³/mol. The second-order valence-corrected chi connectivity index (χ2v) is 6.18. The number of nitrogens with one attached hydrogen (secondary N) is 1. The van der Waals surface area contributed by atoms with Crippen LogP contribution < -0.4 is 11.1 Å². The number of hydrogen-bond acceptors (Lipinski definition) is 5. The molecular weight excluding hydrogens is 278 g/mol. The van der Waals surface area contributed by atoms with E-state index >= 15 is 0 Å². The van der Waals surface area contributed by atoms with Crippen LogP contribution in [0.3, 0.4) is 0 Å². The van der Waals surface area contributed by atoms with Crippen molar-refractivity contribution in [1.82, 2.24) is 10.3 Å². The number of nitrogens with zero attached hydrogens (tertiary/aromatic N) is 1. The highest BCUT2D eigenvalue weighted by Gasteiger charge is 2.14. The lowest BCUT2D eigenvalue weighted by molar-refractivity contribution is -0.121. The lowest BCUT2D eigenvalue weighted by atomic mass is 10.3. The van der Waals surface area contributed by atoms with Gasteiger partial charge in [0.2, 0.25) is 5.91 Å². The van der Waals surface area contributed by atoms with Crippen molar-refractivity contribution in [3.63, 3.8) is 0 Å². The molecule has 2 rings (SSSR count). The van der Waals surface area contributed by atoms with Crippen molar-refractivity contribution in [2.45, 2.75) is 31.5 Å². The third kappa shape index (κ3) is 3.57. The highest BCUT2D eigenvalue weighted by atomic mass is 32.2. The number of nitrogen functional groups attached to an aromatic ring is 1. The summed E-state index contributed by atoms with van der Waals surface area (Å²) in [6, 6.07) is 5.11. The maximum absolute atomic E-state index is 12.0. The summed E-state index contributed by atoms with van der Waals surface area (Å²) in [5.41, 5.74) is 7.32. The minimum atomic E-state index is -1.44. The minimum Gasteiger partial charge on any atom is -0.430 e. The molecule has 0 bridgehead atoms. The molecule has 0 saturated heterocycles. The molecule has 20 heavy (non-hydrogen) atoms. The van der Waals surface area contributed by atoms with Gasteiger partial charge in [0.25, 0.3) is 5.22 Å². The number of fused-ring (bicyclic) bond motifs is 1. The fourth-order valence-corrected chi connectivity index (χ4v) is 2.62. The smallest absolute Gasteiger partial charge is 0.287 e. The van der Waals surface area contributed by atoms with Gasteiger partial charge in [0.1, 0.15) is 16.3 Å². The number of oxazole rings is 1. The zero-order valence-electron chi connectivity index (χ0n) is 11.4. The van der Waals surface area contributed by atoms with Crippen LogP contribution in [0.2, 0.25) is 0 Å². The largest absolute Gasteiger partial charge is 0.430 e. The SMILES string of the molecule is CC(C)NC(=O)CCS(=O)c1nc2cc(N)ccc2o1. The third-order valence-corrected chi connectivity index (χ3v) is 3.69. The quantitative estimate of drug-likeness (QED) is 0.813. The van der Waals surface area contributed by atoms with E-state index in [4.69, 9.17) is 10.2 Å². The van der Waals surface area contributed by atoms with E-state index in [1.54, 1.807) is 18.2 Å². The van der Waals surface area contributed by atoms with Gasteiger partial charge in [-0.3, -0.25) is 4.79 Å². The van der Waals surface area contributed by atoms with E-state index < -0.39 is 10.8 Å². The second kappa shape index (κ2) is 6.04. The van der Waals surface area contributed by atoms with Crippen LogP contribution in [0.25, 0.3) is 11.1 Å². The summed E-state index contributed by atoms with van der Waals surface area (Å²) in [6.45, 7) is 3.75. The van der Waals surface area contributed by atoms with Crippen molar-refractivity contribution in [3.05, 3.63) is 18.2 Å². The van der Waals surface area contributed by atoms with E-state index in [2.05, 4.69) is 10.3 Å². The topological polar surface area (TPSA) is 98.2 Å². The Labute approximate surface area is 119 Å². The molecule has 0 aliphatic carbocycles. The van der Waals surface area contributed by atoms with Gasteiger partial charge in [-0.15, -0.1) is 0 Å². The Balaban J connectivity index is 2.02. The van der Waals surface area contributed by atoms with Crippen molar-refractivity contribution in [2.24, 2.45) is 0 Å². The van der Waals surface area contributed by atoms with Gasteiger partial charge in [-0.1, -0.05) is 0 Å². The van der Waals surface area contributed by atoms with E-state index in [9.17, 15) is 9.00 Å². The lowest BCUT2D eigenvalue weighted by Gasteiger charge is -2.06. The zero-order valence-corrected chi connectivity index (χ0v) is 12.2. The van der Waals surface area contributed by atoms with Crippen molar-refractivity contribution >= 4 is 33.5 Å². The molecule has 1 aromatic heterocycles. The molecular formula is C13H17N3O3S. The Kier molecular flexibility index (Phi) is 4.39. The summed E-state index contributed by atoms with van der Waals surface area (Å²) in [7, 11) is -1.44. The van der Waals surface area contributed by atoms with Gasteiger partial charge in [0.15, 0.2) is 5.58 Å². The molecule has 6 nitrogen and oxygen atoms in total. The maximum Gasteiger partial charge on any atom is 0.287 e. The van der Waals surface area contributed by atoms with Gasteiger partial charge in [-0.2, -0.15) is 0 Å². The van der Waals surface area contributed by atoms with Gasteiger partial charge < -0.3 is 15.5 Å². The predicted octanol–water partition coefficient (Wildman–Crippen LogP) is 1.43. The lowest BCUT2D eigenvalue weighted by Crippen LogP contribution is -2.30. The average molecular weight is 295 g/mol. The zero-order chi connectivity index (χ0) is 14.7. The van der Waals surface area contributed by atoms with Crippen LogP contribution in [0.1, 0.15) is 20.3 Å². The highest BCUT2D eigenvalue weighted by Crippen LogP contribution is 2.20. The maximum atomic E-state index is 12.0. The van der Waals surface area contributed by atoms with E-state index in [1.165, 1.54) is 0 Å². The van der Waals surface area contributed by atoms with Gasteiger partial charge in [-0.05, 0) is 32.0 Å². The van der Waals surface area contributed by atoms with Crippen LogP contribution >= 0.6 is 0 Å². The van der Waals surface area contributed by atoms with Gasteiger partial charge >= 0.3 is 0 Å². The van der Waals surface area contributed by atoms with Gasteiger partial charge in [-0.25, -0.2) is 9.19 Å². The van der Waals surface area contributed by atoms with Crippen LogP contribution in [0.15, 0.2) is 27.8 Å². The molecule has 0 fully saturated rings. The summed E-state index contributed by atoms with van der Waals surface area (Å²) in [6.07, 6.45) is 0.172. The van der Waals surface area contributed by atoms with Crippen LogP contribution in [0.5, 0.6) is 0 Å². The number of carbonyl (C=O) groups excluding carboxylic acids is 1. The molecule has 0 aliphatic rings. The van der Waals surface area contributed by atoms with Crippen LogP contribution in [-0.2, 0) is 15.6 Å². The molecule has 7 heteroatoms. The number of carbonyl (C=O) groups is 1.